The number of aromatic nitrogens is 7. The lowest BCUT2D eigenvalue weighted by Gasteiger charge is -2.08. The molecule has 0 bridgehead atoms. The van der Waals surface area contributed by atoms with Gasteiger partial charge in [-0.1, -0.05) is 12.1 Å². The van der Waals surface area contributed by atoms with Crippen molar-refractivity contribution < 1.29 is 0 Å². The third kappa shape index (κ3) is 2.82. The van der Waals surface area contributed by atoms with Crippen LogP contribution in [0.5, 0.6) is 0 Å². The van der Waals surface area contributed by atoms with Crippen LogP contribution in [-0.4, -0.2) is 34.8 Å². The molecule has 8 nitrogen and oxygen atoms in total. The number of nitrogens with one attached hydrogen (secondary N) is 1. The van der Waals surface area contributed by atoms with Gasteiger partial charge in [0.1, 0.15) is 11.8 Å². The first-order chi connectivity index (χ1) is 12.1. The van der Waals surface area contributed by atoms with Gasteiger partial charge in [-0.2, -0.15) is 9.90 Å². The summed E-state index contributed by atoms with van der Waals surface area (Å²) in [4.78, 5) is 5.98. The van der Waals surface area contributed by atoms with Gasteiger partial charge in [0, 0.05) is 17.4 Å². The summed E-state index contributed by atoms with van der Waals surface area (Å²) in [6, 6.07) is 10.1. The Labute approximate surface area is 144 Å². The predicted octanol–water partition coefficient (Wildman–Crippen LogP) is 3.02. The van der Waals surface area contributed by atoms with Gasteiger partial charge in [0.05, 0.1) is 6.04 Å². The number of benzene rings is 1. The minimum Gasteiger partial charge on any atom is -0.338 e. The van der Waals surface area contributed by atoms with Gasteiger partial charge in [-0.15, -0.1) is 10.2 Å². The lowest BCUT2D eigenvalue weighted by atomic mass is 10.2. The standard InChI is InChI=1S/C17H18N8/c1-11(2)25-22-16(21-23-25)13-5-4-6-14(9-13)20-17-15-12(3)7-8-24(15)19-10-18-17/h4-11H,1-3H3,(H,18,19,20). The average Bonchev–Trinajstić information content (AvgIpc) is 3.23. The van der Waals surface area contributed by atoms with Gasteiger partial charge < -0.3 is 5.32 Å². The van der Waals surface area contributed by atoms with Crippen molar-refractivity contribution in [2.24, 2.45) is 0 Å². The summed E-state index contributed by atoms with van der Waals surface area (Å²) in [6.07, 6.45) is 3.45. The maximum atomic E-state index is 4.42. The maximum absolute atomic E-state index is 4.42. The molecular formula is C17H18N8. The first-order valence-corrected chi connectivity index (χ1v) is 8.08. The molecule has 0 spiro atoms. The van der Waals surface area contributed by atoms with Gasteiger partial charge in [0.2, 0.25) is 5.82 Å². The summed E-state index contributed by atoms with van der Waals surface area (Å²) >= 11 is 0. The Morgan fingerprint density at radius 1 is 1.16 bits per heavy atom. The second-order valence-electron chi connectivity index (χ2n) is 6.13. The minimum absolute atomic E-state index is 0.175. The van der Waals surface area contributed by atoms with Crippen molar-refractivity contribution in [3.63, 3.8) is 0 Å². The van der Waals surface area contributed by atoms with E-state index in [0.717, 1.165) is 28.1 Å². The van der Waals surface area contributed by atoms with Gasteiger partial charge in [-0.25, -0.2) is 9.50 Å². The lowest BCUT2D eigenvalue weighted by Crippen LogP contribution is -2.04. The molecule has 0 aliphatic rings. The second-order valence-corrected chi connectivity index (χ2v) is 6.13. The van der Waals surface area contributed by atoms with E-state index in [1.807, 2.05) is 61.8 Å². The molecule has 3 heterocycles. The summed E-state index contributed by atoms with van der Waals surface area (Å²) < 4.78 is 1.81. The number of anilines is 2. The number of hydrogen-bond donors (Lipinski definition) is 1. The molecule has 25 heavy (non-hydrogen) atoms. The molecule has 0 fully saturated rings. The molecule has 8 heteroatoms. The van der Waals surface area contributed by atoms with E-state index in [2.05, 4.69) is 30.8 Å². The van der Waals surface area contributed by atoms with Crippen LogP contribution in [0.3, 0.4) is 0 Å². The Hall–Kier alpha value is -3.29. The SMILES string of the molecule is Cc1ccn2ncnc(Nc3cccc(-c4nnn(C(C)C)n4)c3)c12. The molecule has 0 aliphatic heterocycles. The molecule has 0 amide bonds. The van der Waals surface area contributed by atoms with Crippen LogP contribution in [0.25, 0.3) is 16.9 Å². The molecule has 1 aromatic carbocycles. The highest BCUT2D eigenvalue weighted by Gasteiger charge is 2.10. The Balaban J connectivity index is 1.68. The van der Waals surface area contributed by atoms with Crippen molar-refractivity contribution in [3.8, 4) is 11.4 Å². The summed E-state index contributed by atoms with van der Waals surface area (Å²) in [7, 11) is 0. The molecular weight excluding hydrogens is 316 g/mol. The van der Waals surface area contributed by atoms with Crippen LogP contribution in [0.1, 0.15) is 25.5 Å². The Kier molecular flexibility index (Phi) is 3.64. The fourth-order valence-electron chi connectivity index (χ4n) is 2.63. The van der Waals surface area contributed by atoms with Crippen molar-refractivity contribution in [2.45, 2.75) is 26.8 Å². The van der Waals surface area contributed by atoms with Crippen LogP contribution in [0.15, 0.2) is 42.9 Å². The van der Waals surface area contributed by atoms with E-state index >= 15 is 0 Å². The highest BCUT2D eigenvalue weighted by atomic mass is 15.6. The van der Waals surface area contributed by atoms with Gasteiger partial charge in [-0.3, -0.25) is 0 Å². The van der Waals surface area contributed by atoms with Gasteiger partial charge in [-0.05, 0) is 49.7 Å². The number of tetrazole rings is 1. The smallest absolute Gasteiger partial charge is 0.205 e. The summed E-state index contributed by atoms with van der Waals surface area (Å²) in [5.74, 6) is 1.36. The zero-order valence-corrected chi connectivity index (χ0v) is 14.2. The van der Waals surface area contributed by atoms with E-state index in [4.69, 9.17) is 0 Å². The second kappa shape index (κ2) is 5.97. The summed E-state index contributed by atoms with van der Waals surface area (Å²) in [6.45, 7) is 6.07. The quantitative estimate of drug-likeness (QED) is 0.617. The Morgan fingerprint density at radius 2 is 2.04 bits per heavy atom. The van der Waals surface area contributed by atoms with Crippen LogP contribution in [0.4, 0.5) is 11.5 Å². The van der Waals surface area contributed by atoms with Gasteiger partial charge >= 0.3 is 0 Å². The highest BCUT2D eigenvalue weighted by molar-refractivity contribution is 5.77. The Morgan fingerprint density at radius 3 is 2.84 bits per heavy atom. The van der Waals surface area contributed by atoms with Crippen molar-refractivity contribution in [2.75, 3.05) is 5.32 Å². The van der Waals surface area contributed by atoms with Crippen molar-refractivity contribution in [1.29, 1.82) is 0 Å². The van der Waals surface area contributed by atoms with E-state index in [-0.39, 0.29) is 6.04 Å². The van der Waals surface area contributed by atoms with Gasteiger partial charge in [0.25, 0.3) is 0 Å². The first kappa shape index (κ1) is 15.3. The van der Waals surface area contributed by atoms with E-state index < -0.39 is 0 Å². The topological polar surface area (TPSA) is 85.8 Å². The largest absolute Gasteiger partial charge is 0.338 e. The maximum Gasteiger partial charge on any atom is 0.205 e. The lowest BCUT2D eigenvalue weighted by molar-refractivity contribution is 0.455. The fourth-order valence-corrected chi connectivity index (χ4v) is 2.63. The van der Waals surface area contributed by atoms with Crippen molar-refractivity contribution in [1.82, 2.24) is 34.8 Å². The van der Waals surface area contributed by atoms with Gasteiger partial charge in [0.15, 0.2) is 5.82 Å². The molecule has 0 radical (unpaired) electrons. The average molecular weight is 334 g/mol. The zero-order chi connectivity index (χ0) is 17.4. The molecule has 3 aromatic heterocycles. The molecule has 0 atom stereocenters. The first-order valence-electron chi connectivity index (χ1n) is 8.08. The normalized spacial score (nSPS) is 11.4. The number of nitrogens with zero attached hydrogens (tertiary/aromatic N) is 7. The molecule has 1 N–H and O–H groups in total. The van der Waals surface area contributed by atoms with Crippen LogP contribution < -0.4 is 5.32 Å². The number of aryl methyl sites for hydroxylation is 1. The van der Waals surface area contributed by atoms with Crippen LogP contribution in [0, 0.1) is 6.92 Å². The third-order valence-corrected chi connectivity index (χ3v) is 3.93. The third-order valence-electron chi connectivity index (χ3n) is 3.93. The van der Waals surface area contributed by atoms with Crippen molar-refractivity contribution >= 4 is 17.0 Å². The number of fused-ring (bicyclic) bond motifs is 1. The van der Waals surface area contributed by atoms with E-state index in [1.165, 1.54) is 6.33 Å². The Bertz CT molecular complexity index is 1030. The van der Waals surface area contributed by atoms with E-state index in [1.54, 1.807) is 4.80 Å². The monoisotopic (exact) mass is 334 g/mol. The molecule has 0 saturated carbocycles. The summed E-state index contributed by atoms with van der Waals surface area (Å²) in [5, 5.41) is 20.2. The van der Waals surface area contributed by atoms with E-state index in [0.29, 0.717) is 5.82 Å². The van der Waals surface area contributed by atoms with Crippen LogP contribution >= 0.6 is 0 Å². The predicted molar refractivity (Wildman–Crippen MR) is 94.6 cm³/mol. The van der Waals surface area contributed by atoms with E-state index in [9.17, 15) is 0 Å². The molecule has 4 rings (SSSR count). The molecule has 0 aliphatic carbocycles. The summed E-state index contributed by atoms with van der Waals surface area (Å²) in [5.41, 5.74) is 3.87. The molecule has 126 valence electrons. The van der Waals surface area contributed by atoms with Crippen LogP contribution in [0.2, 0.25) is 0 Å². The molecule has 0 unspecified atom stereocenters. The molecule has 4 aromatic rings. The molecule has 0 saturated heterocycles. The highest BCUT2D eigenvalue weighted by Crippen LogP contribution is 2.25. The van der Waals surface area contributed by atoms with Crippen molar-refractivity contribution in [3.05, 3.63) is 48.4 Å². The number of rotatable bonds is 4. The van der Waals surface area contributed by atoms with Crippen LogP contribution in [-0.2, 0) is 0 Å². The minimum atomic E-state index is 0.175. The number of hydrogen-bond acceptors (Lipinski definition) is 6. The zero-order valence-electron chi connectivity index (χ0n) is 14.2. The fraction of sp³-hybridized carbons (Fsp3) is 0.235.